The number of ether oxygens (including phenoxy) is 2. The first-order valence-electron chi connectivity index (χ1n) is 17.5. The van der Waals surface area contributed by atoms with E-state index in [2.05, 4.69) is 34.4 Å². The van der Waals surface area contributed by atoms with Gasteiger partial charge in [-0.05, 0) is 47.7 Å². The van der Waals surface area contributed by atoms with Gasteiger partial charge >= 0.3 is 5.97 Å². The Morgan fingerprint density at radius 3 is 2.51 bits per heavy atom. The molecule has 0 aromatic heterocycles. The number of nitrogens with zero attached hydrogens (tertiary/aromatic N) is 2. The normalized spacial score (nSPS) is 26.0. The van der Waals surface area contributed by atoms with Crippen LogP contribution in [0.1, 0.15) is 44.3 Å². The summed E-state index contributed by atoms with van der Waals surface area (Å²) in [5.74, 6) is -3.73. The lowest BCUT2D eigenvalue weighted by Gasteiger charge is -2.39. The van der Waals surface area contributed by atoms with Gasteiger partial charge in [0.25, 0.3) is 5.91 Å². The van der Waals surface area contributed by atoms with E-state index < -0.39 is 53.6 Å². The van der Waals surface area contributed by atoms with Gasteiger partial charge in [-0.3, -0.25) is 19.2 Å². The number of allylic oxidation sites excluding steroid dienone is 1. The molecule has 0 saturated carbocycles. The quantitative estimate of drug-likeness (QED) is 0.123. The van der Waals surface area contributed by atoms with Gasteiger partial charge in [-0.1, -0.05) is 95.7 Å². The number of anilines is 1. The van der Waals surface area contributed by atoms with Gasteiger partial charge in [0.1, 0.15) is 17.7 Å². The molecule has 3 aromatic rings. The minimum atomic E-state index is -1.36. The second kappa shape index (κ2) is 15.5. The molecule has 3 heterocycles. The number of amides is 3. The van der Waals surface area contributed by atoms with Crippen molar-refractivity contribution in [3.63, 3.8) is 0 Å². The second-order valence-electron chi connectivity index (χ2n) is 13.4. The highest BCUT2D eigenvalue weighted by molar-refractivity contribution is 9.09. The van der Waals surface area contributed by atoms with Crippen LogP contribution in [0.4, 0.5) is 5.69 Å². The number of aliphatic hydroxyl groups excluding tert-OH is 1. The van der Waals surface area contributed by atoms with Gasteiger partial charge in [-0.25, -0.2) is 0 Å². The second-order valence-corrected chi connectivity index (χ2v) is 14.6. The third-order valence-corrected chi connectivity index (χ3v) is 11.3. The number of rotatable bonds is 15. The average Bonchev–Trinajstić information content (AvgIpc) is 3.75. The van der Waals surface area contributed by atoms with Crippen LogP contribution in [-0.2, 0) is 28.7 Å². The smallest absolute Gasteiger partial charge is 0.313 e. The lowest BCUT2D eigenvalue weighted by atomic mass is 9.70. The zero-order chi connectivity index (χ0) is 36.3. The Labute approximate surface area is 306 Å². The van der Waals surface area contributed by atoms with E-state index in [-0.39, 0.29) is 42.8 Å². The van der Waals surface area contributed by atoms with Crippen molar-refractivity contribution >= 4 is 56.1 Å². The summed E-state index contributed by atoms with van der Waals surface area (Å²) in [6, 6.07) is 20.9. The highest BCUT2D eigenvalue weighted by Crippen LogP contribution is 2.61. The molecule has 10 nitrogen and oxygen atoms in total. The number of carbonyl (C=O) groups is 4. The molecule has 3 amide bonds. The first kappa shape index (κ1) is 36.5. The van der Waals surface area contributed by atoms with Crippen LogP contribution in [0.15, 0.2) is 98.1 Å². The summed E-state index contributed by atoms with van der Waals surface area (Å²) in [5.41, 5.74) is -0.0580. The van der Waals surface area contributed by atoms with Crippen molar-refractivity contribution in [3.05, 3.63) is 104 Å². The van der Waals surface area contributed by atoms with Crippen LogP contribution >= 0.6 is 15.9 Å². The van der Waals surface area contributed by atoms with Gasteiger partial charge in [0.15, 0.2) is 0 Å². The first-order valence-corrected chi connectivity index (χ1v) is 18.4. The lowest BCUT2D eigenvalue weighted by molar-refractivity contribution is -0.160. The van der Waals surface area contributed by atoms with Crippen molar-refractivity contribution in [3.8, 4) is 0 Å². The summed E-state index contributed by atoms with van der Waals surface area (Å²) in [7, 11) is 0. The Hall–Kier alpha value is -4.32. The lowest BCUT2D eigenvalue weighted by Crippen LogP contribution is -2.59. The fraction of sp³-hybridized carbons (Fsp3) is 0.400. The maximum absolute atomic E-state index is 15.0. The summed E-state index contributed by atoms with van der Waals surface area (Å²) in [5, 5.41) is 15.3. The van der Waals surface area contributed by atoms with Crippen molar-refractivity contribution < 1.29 is 33.8 Å². The zero-order valence-corrected chi connectivity index (χ0v) is 30.2. The Morgan fingerprint density at radius 2 is 1.82 bits per heavy atom. The van der Waals surface area contributed by atoms with Crippen LogP contribution < -0.4 is 10.2 Å². The number of esters is 1. The third-order valence-electron chi connectivity index (χ3n) is 10.4. The van der Waals surface area contributed by atoms with E-state index in [1.807, 2.05) is 79.7 Å². The summed E-state index contributed by atoms with van der Waals surface area (Å²) in [6.45, 7) is 9.24. The van der Waals surface area contributed by atoms with Crippen molar-refractivity contribution in [1.29, 1.82) is 0 Å². The number of nitrogens with one attached hydrogen (secondary N) is 1. The van der Waals surface area contributed by atoms with E-state index in [0.717, 1.165) is 10.8 Å². The molecule has 2 N–H and O–H groups in total. The minimum Gasteiger partial charge on any atom is -0.455 e. The number of alkyl halides is 1. The molecule has 8 atom stereocenters. The fourth-order valence-corrected chi connectivity index (χ4v) is 8.95. The minimum absolute atomic E-state index is 0.0311. The van der Waals surface area contributed by atoms with Gasteiger partial charge in [-0.2, -0.15) is 0 Å². The molecule has 51 heavy (non-hydrogen) atoms. The van der Waals surface area contributed by atoms with Crippen molar-refractivity contribution in [2.24, 2.45) is 11.8 Å². The third kappa shape index (κ3) is 6.74. The Bertz CT molecular complexity index is 1800. The summed E-state index contributed by atoms with van der Waals surface area (Å²) in [6.07, 6.45) is 3.15. The molecule has 2 bridgehead atoms. The molecular weight excluding hydrogens is 714 g/mol. The summed E-state index contributed by atoms with van der Waals surface area (Å²) >= 11 is 3.73. The number of carbonyl (C=O) groups excluding carboxylic acids is 4. The Morgan fingerprint density at radius 1 is 1.10 bits per heavy atom. The van der Waals surface area contributed by atoms with Gasteiger partial charge in [0.05, 0.1) is 37.1 Å². The van der Waals surface area contributed by atoms with Crippen LogP contribution in [0.3, 0.4) is 0 Å². The number of halogens is 1. The van der Waals surface area contributed by atoms with Gasteiger partial charge in [-0.15, -0.1) is 13.2 Å². The number of hydrogen-bond donors (Lipinski definition) is 2. The van der Waals surface area contributed by atoms with E-state index in [1.165, 1.54) is 4.90 Å². The molecule has 3 aliphatic rings. The summed E-state index contributed by atoms with van der Waals surface area (Å²) < 4.78 is 12.9. The van der Waals surface area contributed by atoms with Crippen molar-refractivity contribution in [1.82, 2.24) is 10.2 Å². The SMILES string of the molecule is C=CCCC(=O)NC[C@H](OC(=O)[C@@H]1[C@H]2O[C@@]3(CC2Br)[C@H](C(=O)N(CC=C)c2ccc4ccccc4c2)N([C@@H](CC)CO)C(=O)[C@@H]13)c1ccccc1. The van der Waals surface area contributed by atoms with Crippen LogP contribution in [0.25, 0.3) is 10.8 Å². The molecule has 6 rings (SSSR count). The predicted molar refractivity (Wildman–Crippen MR) is 198 cm³/mol. The number of aliphatic hydroxyl groups is 1. The van der Waals surface area contributed by atoms with E-state index in [9.17, 15) is 19.5 Å². The van der Waals surface area contributed by atoms with E-state index >= 15 is 4.79 Å². The summed E-state index contributed by atoms with van der Waals surface area (Å²) in [4.78, 5) is 59.3. The molecule has 268 valence electrons. The average molecular weight is 759 g/mol. The van der Waals surface area contributed by atoms with Crippen LogP contribution in [0, 0.1) is 11.8 Å². The van der Waals surface area contributed by atoms with Crippen LogP contribution in [-0.4, -0.2) is 82.0 Å². The molecule has 1 unspecified atom stereocenters. The molecule has 3 aromatic carbocycles. The molecule has 1 spiro atoms. The van der Waals surface area contributed by atoms with Gasteiger partial charge < -0.3 is 29.7 Å². The Kier molecular flexibility index (Phi) is 11.1. The standard InChI is InChI=1S/C40H44BrN3O7/c1-4-7-17-32(46)42-23-31(26-14-9-8-10-15-26)50-39(49)33-34-37(47)44(28(6-3)24-45)36(40(34)22-30(41)35(33)51-40)38(48)43(20-5-2)29-19-18-25-13-11-12-16-27(25)21-29/h4-5,8-16,18-19,21,28,30-31,33-36,45H,1-2,6-7,17,20,22-24H2,3H3,(H,42,46)/t28-,30?,31-,33-,34+,35-,36-,40+/m0/s1. The number of likely N-dealkylation sites (tertiary alicyclic amines) is 1. The molecule has 3 aliphatic heterocycles. The van der Waals surface area contributed by atoms with Crippen molar-refractivity contribution in [2.75, 3.05) is 24.6 Å². The fourth-order valence-electron chi connectivity index (χ4n) is 8.01. The van der Waals surface area contributed by atoms with E-state index in [4.69, 9.17) is 9.47 Å². The largest absolute Gasteiger partial charge is 0.455 e. The Balaban J connectivity index is 1.36. The maximum Gasteiger partial charge on any atom is 0.313 e. The molecule has 0 aliphatic carbocycles. The van der Waals surface area contributed by atoms with E-state index in [0.29, 0.717) is 30.5 Å². The van der Waals surface area contributed by atoms with E-state index in [1.54, 1.807) is 17.1 Å². The van der Waals surface area contributed by atoms with Gasteiger partial charge in [0.2, 0.25) is 11.8 Å². The van der Waals surface area contributed by atoms with Crippen molar-refractivity contribution in [2.45, 2.75) is 67.3 Å². The molecule has 0 radical (unpaired) electrons. The number of hydrogen-bond acceptors (Lipinski definition) is 7. The number of fused-ring (bicyclic) bond motifs is 2. The monoisotopic (exact) mass is 757 g/mol. The van der Waals surface area contributed by atoms with Crippen LogP contribution in [0.2, 0.25) is 0 Å². The zero-order valence-electron chi connectivity index (χ0n) is 28.7. The van der Waals surface area contributed by atoms with Crippen LogP contribution in [0.5, 0.6) is 0 Å². The topological polar surface area (TPSA) is 125 Å². The molecule has 3 fully saturated rings. The highest BCUT2D eigenvalue weighted by atomic mass is 79.9. The highest BCUT2D eigenvalue weighted by Gasteiger charge is 2.77. The molecule has 11 heteroatoms. The first-order chi connectivity index (χ1) is 24.7. The molecular formula is C40H44BrN3O7. The number of benzene rings is 3. The maximum atomic E-state index is 15.0. The molecule has 3 saturated heterocycles. The van der Waals surface area contributed by atoms with Gasteiger partial charge in [0, 0.05) is 23.5 Å². The predicted octanol–water partition coefficient (Wildman–Crippen LogP) is 5.24.